The Balaban J connectivity index is 1.91. The van der Waals surface area contributed by atoms with Gasteiger partial charge in [0.1, 0.15) is 5.75 Å². The Bertz CT molecular complexity index is 740. The van der Waals surface area contributed by atoms with Crippen molar-refractivity contribution in [3.05, 3.63) is 52.6 Å². The number of hydrogen-bond acceptors (Lipinski definition) is 2. The molecule has 114 valence electrons. The van der Waals surface area contributed by atoms with Crippen molar-refractivity contribution in [2.24, 2.45) is 5.41 Å². The van der Waals surface area contributed by atoms with Gasteiger partial charge in [0.15, 0.2) is 5.78 Å². The molecule has 2 atom stereocenters. The van der Waals surface area contributed by atoms with Crippen molar-refractivity contribution in [1.82, 2.24) is 0 Å². The summed E-state index contributed by atoms with van der Waals surface area (Å²) in [5.41, 5.74) is 5.43. The summed E-state index contributed by atoms with van der Waals surface area (Å²) in [7, 11) is 1.72. The molecule has 0 aromatic heterocycles. The van der Waals surface area contributed by atoms with E-state index in [4.69, 9.17) is 4.74 Å². The van der Waals surface area contributed by atoms with Gasteiger partial charge in [-0.1, -0.05) is 24.6 Å². The molecule has 0 aliphatic heterocycles. The molecule has 3 aliphatic rings. The van der Waals surface area contributed by atoms with Crippen LogP contribution in [-0.4, -0.2) is 12.9 Å². The summed E-state index contributed by atoms with van der Waals surface area (Å²) in [5.74, 6) is 1.23. The van der Waals surface area contributed by atoms with Crippen LogP contribution in [0.1, 0.15) is 44.2 Å². The maximum Gasteiger partial charge on any atom is 0.165 e. The highest BCUT2D eigenvalue weighted by Gasteiger charge is 2.50. The van der Waals surface area contributed by atoms with Crippen LogP contribution in [-0.2, 0) is 16.6 Å². The number of rotatable bonds is 1. The molecule has 0 bridgehead atoms. The van der Waals surface area contributed by atoms with E-state index >= 15 is 0 Å². The van der Waals surface area contributed by atoms with Crippen molar-refractivity contribution in [2.75, 3.05) is 7.11 Å². The van der Waals surface area contributed by atoms with E-state index in [9.17, 15) is 4.79 Å². The Morgan fingerprint density at radius 1 is 1.05 bits per heavy atom. The second kappa shape index (κ2) is 4.34. The molecule has 1 aromatic carbocycles. The van der Waals surface area contributed by atoms with Crippen LogP contribution in [0.3, 0.4) is 0 Å². The van der Waals surface area contributed by atoms with Gasteiger partial charge in [-0.15, -0.1) is 0 Å². The Hall–Kier alpha value is -1.83. The Morgan fingerprint density at radius 3 is 2.59 bits per heavy atom. The first kappa shape index (κ1) is 13.8. The van der Waals surface area contributed by atoms with Crippen LogP contribution in [0, 0.1) is 5.41 Å². The number of carbonyl (C=O) groups is 1. The highest BCUT2D eigenvalue weighted by atomic mass is 16.5. The fraction of sp³-hybridized carbons (Fsp3) is 0.450. The number of allylic oxidation sites excluding steroid dienone is 4. The first-order valence-electron chi connectivity index (χ1n) is 8.13. The summed E-state index contributed by atoms with van der Waals surface area (Å²) >= 11 is 0. The van der Waals surface area contributed by atoms with Gasteiger partial charge in [0.25, 0.3) is 0 Å². The average molecular weight is 294 g/mol. The van der Waals surface area contributed by atoms with Gasteiger partial charge >= 0.3 is 0 Å². The second-order valence-corrected chi connectivity index (χ2v) is 7.28. The third kappa shape index (κ3) is 1.58. The molecule has 1 aromatic rings. The molecule has 4 rings (SSSR count). The first-order chi connectivity index (χ1) is 10.5. The summed E-state index contributed by atoms with van der Waals surface area (Å²) in [6, 6.07) is 6.49. The van der Waals surface area contributed by atoms with E-state index in [-0.39, 0.29) is 16.6 Å². The van der Waals surface area contributed by atoms with Gasteiger partial charge in [-0.25, -0.2) is 0 Å². The smallest absolute Gasteiger partial charge is 0.165 e. The number of hydrogen-bond donors (Lipinski definition) is 0. The average Bonchev–Trinajstić information content (AvgIpc) is 2.82. The molecular weight excluding hydrogens is 272 g/mol. The van der Waals surface area contributed by atoms with Crippen LogP contribution >= 0.6 is 0 Å². The van der Waals surface area contributed by atoms with Gasteiger partial charge in [-0.05, 0) is 67.5 Å². The number of methoxy groups -OCH3 is 1. The summed E-state index contributed by atoms with van der Waals surface area (Å²) in [6.07, 6.45) is 7.97. The zero-order valence-electron chi connectivity index (χ0n) is 13.5. The van der Waals surface area contributed by atoms with Crippen LogP contribution in [0.4, 0.5) is 0 Å². The molecule has 0 radical (unpaired) electrons. The molecule has 2 nitrogen and oxygen atoms in total. The molecular formula is C20H22O2. The standard InChI is InChI=1S/C20H22O2/c1-19-10-11-20(2)17(8-9-18(20)21)16(19)6-4-13-12-14(22-3)5-7-15(13)19/h5,7-9,12H,4,6,10-11H2,1-3H3. The maximum absolute atomic E-state index is 12.3. The normalized spacial score (nSPS) is 32.6. The Labute approximate surface area is 131 Å². The van der Waals surface area contributed by atoms with Crippen LogP contribution in [0.5, 0.6) is 5.75 Å². The van der Waals surface area contributed by atoms with E-state index in [1.54, 1.807) is 13.2 Å². The van der Waals surface area contributed by atoms with E-state index < -0.39 is 0 Å². The molecule has 2 unspecified atom stereocenters. The van der Waals surface area contributed by atoms with Gasteiger partial charge in [0, 0.05) is 5.41 Å². The molecule has 2 heteroatoms. The number of ether oxygens (including phenoxy) is 1. The zero-order valence-corrected chi connectivity index (χ0v) is 13.5. The molecule has 0 saturated heterocycles. The second-order valence-electron chi connectivity index (χ2n) is 7.28. The Kier molecular flexibility index (Phi) is 2.73. The zero-order chi connectivity index (χ0) is 15.5. The van der Waals surface area contributed by atoms with Crippen molar-refractivity contribution < 1.29 is 9.53 Å². The molecule has 0 amide bonds. The molecule has 3 aliphatic carbocycles. The third-order valence-electron chi connectivity index (χ3n) is 6.21. The van der Waals surface area contributed by atoms with E-state index in [1.165, 1.54) is 22.3 Å². The topological polar surface area (TPSA) is 26.3 Å². The number of benzene rings is 1. The van der Waals surface area contributed by atoms with Crippen molar-refractivity contribution in [3.63, 3.8) is 0 Å². The van der Waals surface area contributed by atoms with Gasteiger partial charge < -0.3 is 4.74 Å². The highest BCUT2D eigenvalue weighted by Crippen LogP contribution is 2.56. The Morgan fingerprint density at radius 2 is 1.82 bits per heavy atom. The van der Waals surface area contributed by atoms with Crippen molar-refractivity contribution in [2.45, 2.75) is 44.9 Å². The predicted molar refractivity (Wildman–Crippen MR) is 87.2 cm³/mol. The first-order valence-corrected chi connectivity index (χ1v) is 8.13. The summed E-state index contributed by atoms with van der Waals surface area (Å²) in [5, 5.41) is 0. The van der Waals surface area contributed by atoms with E-state index in [0.29, 0.717) is 0 Å². The lowest BCUT2D eigenvalue weighted by molar-refractivity contribution is -0.121. The van der Waals surface area contributed by atoms with Gasteiger partial charge in [0.2, 0.25) is 0 Å². The minimum atomic E-state index is -0.265. The van der Waals surface area contributed by atoms with Crippen molar-refractivity contribution in [3.8, 4) is 5.75 Å². The molecule has 22 heavy (non-hydrogen) atoms. The van der Waals surface area contributed by atoms with Crippen molar-refractivity contribution in [1.29, 1.82) is 0 Å². The molecule has 0 saturated carbocycles. The highest BCUT2D eigenvalue weighted by molar-refractivity contribution is 6.02. The summed E-state index contributed by atoms with van der Waals surface area (Å²) < 4.78 is 5.38. The monoisotopic (exact) mass is 294 g/mol. The molecule has 0 spiro atoms. The fourth-order valence-electron chi connectivity index (χ4n) is 4.71. The molecule has 0 heterocycles. The van der Waals surface area contributed by atoms with E-state index in [1.807, 2.05) is 0 Å². The third-order valence-corrected chi connectivity index (χ3v) is 6.21. The summed E-state index contributed by atoms with van der Waals surface area (Å²) in [6.45, 7) is 4.48. The maximum atomic E-state index is 12.3. The molecule has 0 fully saturated rings. The number of ketones is 1. The fourth-order valence-corrected chi connectivity index (χ4v) is 4.71. The predicted octanol–water partition coefficient (Wildman–Crippen LogP) is 4.13. The lowest BCUT2D eigenvalue weighted by atomic mass is 9.56. The van der Waals surface area contributed by atoms with Crippen LogP contribution in [0.2, 0.25) is 0 Å². The minimum absolute atomic E-state index is 0.0731. The van der Waals surface area contributed by atoms with E-state index in [0.717, 1.165) is 31.4 Å². The number of fused-ring (bicyclic) bond motifs is 4. The van der Waals surface area contributed by atoms with Crippen molar-refractivity contribution >= 4 is 5.78 Å². The van der Waals surface area contributed by atoms with Crippen LogP contribution < -0.4 is 4.74 Å². The van der Waals surface area contributed by atoms with Gasteiger partial charge in [0.05, 0.1) is 12.5 Å². The minimum Gasteiger partial charge on any atom is -0.497 e. The lowest BCUT2D eigenvalue weighted by Gasteiger charge is -2.47. The summed E-state index contributed by atoms with van der Waals surface area (Å²) in [4.78, 5) is 12.3. The van der Waals surface area contributed by atoms with Gasteiger partial charge in [-0.2, -0.15) is 0 Å². The van der Waals surface area contributed by atoms with E-state index in [2.05, 4.69) is 38.1 Å². The molecule has 0 N–H and O–H groups in total. The SMILES string of the molecule is COc1ccc2c(c1)CCC1=C3C=CC(=O)C3(C)CCC12C. The quantitative estimate of drug-likeness (QED) is 0.778. The van der Waals surface area contributed by atoms with Crippen LogP contribution in [0.25, 0.3) is 0 Å². The lowest BCUT2D eigenvalue weighted by Crippen LogP contribution is -2.40. The largest absolute Gasteiger partial charge is 0.497 e. The van der Waals surface area contributed by atoms with Gasteiger partial charge in [-0.3, -0.25) is 4.79 Å². The van der Waals surface area contributed by atoms with Crippen LogP contribution in [0.15, 0.2) is 41.5 Å². The number of aryl methyl sites for hydroxylation is 1. The number of carbonyl (C=O) groups excluding carboxylic acids is 1.